The van der Waals surface area contributed by atoms with Crippen LogP contribution >= 0.6 is 11.6 Å². The molecule has 1 fully saturated rings. The normalized spacial score (nSPS) is 17.6. The van der Waals surface area contributed by atoms with E-state index in [4.69, 9.17) is 11.6 Å². The van der Waals surface area contributed by atoms with Crippen LogP contribution in [0.4, 0.5) is 0 Å². The van der Waals surface area contributed by atoms with Crippen LogP contribution in [-0.4, -0.2) is 22.5 Å². The molecule has 0 radical (unpaired) electrons. The minimum Gasteiger partial charge on any atom is -0.480 e. The lowest BCUT2D eigenvalue weighted by atomic mass is 9.95. The van der Waals surface area contributed by atoms with E-state index in [1.807, 2.05) is 6.92 Å². The van der Waals surface area contributed by atoms with Crippen LogP contribution in [0, 0.1) is 12.8 Å². The molecule has 4 nitrogen and oxygen atoms in total. The average molecular weight is 282 g/mol. The summed E-state index contributed by atoms with van der Waals surface area (Å²) in [7, 11) is 0. The van der Waals surface area contributed by atoms with Gasteiger partial charge in [-0.3, -0.25) is 4.79 Å². The minimum absolute atomic E-state index is 0.00169. The summed E-state index contributed by atoms with van der Waals surface area (Å²) in [6.45, 7) is 3.42. The number of carbonyl (C=O) groups is 2. The van der Waals surface area contributed by atoms with E-state index in [1.54, 1.807) is 25.1 Å². The first-order chi connectivity index (χ1) is 8.84. The number of carboxylic acids is 1. The number of aryl methyl sites for hydroxylation is 1. The highest BCUT2D eigenvalue weighted by molar-refractivity contribution is 6.34. The first kappa shape index (κ1) is 13.9. The quantitative estimate of drug-likeness (QED) is 0.891. The summed E-state index contributed by atoms with van der Waals surface area (Å²) in [5, 5.41) is 12.2. The Balaban J connectivity index is 2.22. The first-order valence-electron chi connectivity index (χ1n) is 6.16. The Hall–Kier alpha value is -1.55. The van der Waals surface area contributed by atoms with Crippen molar-refractivity contribution in [2.45, 2.75) is 32.2 Å². The topological polar surface area (TPSA) is 66.4 Å². The van der Waals surface area contributed by atoms with Crippen molar-refractivity contribution in [3.05, 3.63) is 34.3 Å². The van der Waals surface area contributed by atoms with Gasteiger partial charge in [0.25, 0.3) is 5.91 Å². The van der Waals surface area contributed by atoms with Crippen LogP contribution in [0.1, 0.15) is 35.7 Å². The summed E-state index contributed by atoms with van der Waals surface area (Å²) < 4.78 is 0. The highest BCUT2D eigenvalue weighted by Gasteiger charge is 2.48. The van der Waals surface area contributed by atoms with E-state index < -0.39 is 17.4 Å². The number of rotatable bonds is 4. The van der Waals surface area contributed by atoms with Crippen LogP contribution in [0.5, 0.6) is 0 Å². The SMILES string of the molecule is Cc1ccc(C(=O)NC(C)(C(=O)O)C2CC2)c(Cl)c1. The summed E-state index contributed by atoms with van der Waals surface area (Å²) in [5.74, 6) is -1.45. The fourth-order valence-electron chi connectivity index (χ4n) is 2.10. The van der Waals surface area contributed by atoms with E-state index in [0.717, 1.165) is 18.4 Å². The number of carboxylic acid groups (broad SMARTS) is 1. The summed E-state index contributed by atoms with van der Waals surface area (Å²) in [4.78, 5) is 23.5. The Kier molecular flexibility index (Phi) is 3.54. The average Bonchev–Trinajstić information content (AvgIpc) is 3.11. The molecule has 0 heterocycles. The second kappa shape index (κ2) is 4.85. The van der Waals surface area contributed by atoms with Gasteiger partial charge in [0.1, 0.15) is 5.54 Å². The van der Waals surface area contributed by atoms with Crippen molar-refractivity contribution in [1.82, 2.24) is 5.32 Å². The van der Waals surface area contributed by atoms with E-state index in [9.17, 15) is 14.7 Å². The van der Waals surface area contributed by atoms with Crippen LogP contribution in [-0.2, 0) is 4.79 Å². The van der Waals surface area contributed by atoms with Crippen molar-refractivity contribution in [3.8, 4) is 0 Å². The molecule has 1 atom stereocenters. The van der Waals surface area contributed by atoms with E-state index in [0.29, 0.717) is 10.6 Å². The van der Waals surface area contributed by atoms with Crippen molar-refractivity contribution >= 4 is 23.5 Å². The van der Waals surface area contributed by atoms with Gasteiger partial charge in [0.05, 0.1) is 10.6 Å². The molecule has 0 aliphatic heterocycles. The van der Waals surface area contributed by atoms with E-state index in [1.165, 1.54) is 0 Å². The van der Waals surface area contributed by atoms with Crippen molar-refractivity contribution < 1.29 is 14.7 Å². The van der Waals surface area contributed by atoms with Gasteiger partial charge in [-0.1, -0.05) is 17.7 Å². The summed E-state index contributed by atoms with van der Waals surface area (Å²) in [5.41, 5.74) is 0.0378. The van der Waals surface area contributed by atoms with Crippen molar-refractivity contribution in [2.24, 2.45) is 5.92 Å². The molecule has 1 amide bonds. The number of nitrogens with one attached hydrogen (secondary N) is 1. The molecule has 0 bridgehead atoms. The third kappa shape index (κ3) is 2.73. The van der Waals surface area contributed by atoms with Gasteiger partial charge in [-0.2, -0.15) is 0 Å². The Morgan fingerprint density at radius 1 is 1.42 bits per heavy atom. The summed E-state index contributed by atoms with van der Waals surface area (Å²) in [6, 6.07) is 5.07. The summed E-state index contributed by atoms with van der Waals surface area (Å²) in [6.07, 6.45) is 1.65. The molecule has 1 aliphatic rings. The molecule has 2 rings (SSSR count). The highest BCUT2D eigenvalue weighted by atomic mass is 35.5. The molecular formula is C14H16ClNO3. The van der Waals surface area contributed by atoms with Gasteiger partial charge in [-0.15, -0.1) is 0 Å². The number of halogens is 1. The number of aliphatic carboxylic acids is 1. The van der Waals surface area contributed by atoms with Gasteiger partial charge >= 0.3 is 5.97 Å². The van der Waals surface area contributed by atoms with Crippen LogP contribution in [0.15, 0.2) is 18.2 Å². The maximum atomic E-state index is 12.2. The van der Waals surface area contributed by atoms with Crippen LogP contribution in [0.2, 0.25) is 5.02 Å². The lowest BCUT2D eigenvalue weighted by Gasteiger charge is -2.26. The van der Waals surface area contributed by atoms with Crippen molar-refractivity contribution in [1.29, 1.82) is 0 Å². The van der Waals surface area contributed by atoms with Gasteiger partial charge in [-0.05, 0) is 50.3 Å². The zero-order valence-electron chi connectivity index (χ0n) is 10.9. The van der Waals surface area contributed by atoms with E-state index in [2.05, 4.69) is 5.32 Å². The van der Waals surface area contributed by atoms with Crippen LogP contribution < -0.4 is 5.32 Å². The third-order valence-electron chi connectivity index (χ3n) is 3.58. The maximum Gasteiger partial charge on any atom is 0.329 e. The molecule has 0 spiro atoms. The fraction of sp³-hybridized carbons (Fsp3) is 0.429. The molecule has 19 heavy (non-hydrogen) atoms. The molecule has 0 aromatic heterocycles. The highest BCUT2D eigenvalue weighted by Crippen LogP contribution is 2.40. The smallest absolute Gasteiger partial charge is 0.329 e. The first-order valence-corrected chi connectivity index (χ1v) is 6.54. The third-order valence-corrected chi connectivity index (χ3v) is 3.89. The van der Waals surface area contributed by atoms with Gasteiger partial charge in [-0.25, -0.2) is 4.79 Å². The summed E-state index contributed by atoms with van der Waals surface area (Å²) >= 11 is 6.02. The monoisotopic (exact) mass is 281 g/mol. The maximum absolute atomic E-state index is 12.2. The molecule has 5 heteroatoms. The molecule has 1 saturated carbocycles. The predicted molar refractivity (Wildman–Crippen MR) is 72.4 cm³/mol. The number of amides is 1. The predicted octanol–water partition coefficient (Wildman–Crippen LogP) is 2.63. The van der Waals surface area contributed by atoms with Crippen LogP contribution in [0.3, 0.4) is 0 Å². The van der Waals surface area contributed by atoms with Crippen LogP contribution in [0.25, 0.3) is 0 Å². The zero-order chi connectivity index (χ0) is 14.2. The molecule has 1 aromatic rings. The molecule has 2 N–H and O–H groups in total. The molecule has 102 valence electrons. The van der Waals surface area contributed by atoms with Gasteiger partial charge in [0, 0.05) is 0 Å². The standard InChI is InChI=1S/C14H16ClNO3/c1-8-3-6-10(11(15)7-8)12(17)16-14(2,13(18)19)9-4-5-9/h3,6-7,9H,4-5H2,1-2H3,(H,16,17)(H,18,19). The lowest BCUT2D eigenvalue weighted by Crippen LogP contribution is -2.54. The number of carbonyl (C=O) groups excluding carboxylic acids is 1. The number of benzene rings is 1. The van der Waals surface area contributed by atoms with Crippen molar-refractivity contribution in [2.75, 3.05) is 0 Å². The van der Waals surface area contributed by atoms with E-state index >= 15 is 0 Å². The second-order valence-corrected chi connectivity index (χ2v) is 5.63. The second-order valence-electron chi connectivity index (χ2n) is 5.22. The molecule has 1 aromatic carbocycles. The number of hydrogen-bond donors (Lipinski definition) is 2. The Labute approximate surface area is 116 Å². The van der Waals surface area contributed by atoms with E-state index in [-0.39, 0.29) is 5.92 Å². The largest absolute Gasteiger partial charge is 0.480 e. The number of hydrogen-bond acceptors (Lipinski definition) is 2. The van der Waals surface area contributed by atoms with Gasteiger partial charge < -0.3 is 10.4 Å². The Morgan fingerprint density at radius 3 is 2.53 bits per heavy atom. The lowest BCUT2D eigenvalue weighted by molar-refractivity contribution is -0.144. The molecule has 0 saturated heterocycles. The molecular weight excluding hydrogens is 266 g/mol. The Bertz CT molecular complexity index is 539. The van der Waals surface area contributed by atoms with Crippen molar-refractivity contribution in [3.63, 3.8) is 0 Å². The Morgan fingerprint density at radius 2 is 2.05 bits per heavy atom. The van der Waals surface area contributed by atoms with Gasteiger partial charge in [0.2, 0.25) is 0 Å². The minimum atomic E-state index is -1.22. The zero-order valence-corrected chi connectivity index (χ0v) is 11.6. The fourth-order valence-corrected chi connectivity index (χ4v) is 2.42. The van der Waals surface area contributed by atoms with Gasteiger partial charge in [0.15, 0.2) is 0 Å². The molecule has 1 unspecified atom stereocenters. The molecule has 1 aliphatic carbocycles.